The lowest BCUT2D eigenvalue weighted by Gasteiger charge is -2.36. The van der Waals surface area contributed by atoms with Crippen molar-refractivity contribution in [2.75, 3.05) is 20.2 Å². The molecule has 0 unspecified atom stereocenters. The van der Waals surface area contributed by atoms with E-state index in [9.17, 15) is 18.4 Å². The SMILES string of the molecule is COC(=O)[C@@H]1CCN(C(=O)N[C@H](C)c2cccc(F)c2F)C[C@@H]1C. The molecule has 0 saturated carbocycles. The topological polar surface area (TPSA) is 58.6 Å². The summed E-state index contributed by atoms with van der Waals surface area (Å²) in [7, 11) is 1.35. The van der Waals surface area contributed by atoms with E-state index < -0.39 is 17.7 Å². The molecule has 1 aliphatic rings. The van der Waals surface area contributed by atoms with Gasteiger partial charge in [-0.05, 0) is 25.3 Å². The monoisotopic (exact) mass is 340 g/mol. The zero-order chi connectivity index (χ0) is 17.9. The number of benzene rings is 1. The van der Waals surface area contributed by atoms with Crippen LogP contribution in [-0.4, -0.2) is 37.1 Å². The fourth-order valence-corrected chi connectivity index (χ4v) is 3.04. The number of carbonyl (C=O) groups is 2. The molecule has 1 heterocycles. The summed E-state index contributed by atoms with van der Waals surface area (Å²) in [6.45, 7) is 4.30. The Bertz CT molecular complexity index is 624. The lowest BCUT2D eigenvalue weighted by atomic mass is 9.87. The van der Waals surface area contributed by atoms with Crippen molar-refractivity contribution in [3.63, 3.8) is 0 Å². The molecule has 2 amide bonds. The summed E-state index contributed by atoms with van der Waals surface area (Å²) in [4.78, 5) is 25.6. The van der Waals surface area contributed by atoms with Crippen molar-refractivity contribution in [2.24, 2.45) is 11.8 Å². The number of likely N-dealkylation sites (tertiary alicyclic amines) is 1. The quantitative estimate of drug-likeness (QED) is 0.861. The molecule has 0 spiro atoms. The molecule has 0 aliphatic carbocycles. The lowest BCUT2D eigenvalue weighted by Crippen LogP contribution is -2.49. The van der Waals surface area contributed by atoms with Gasteiger partial charge >= 0.3 is 12.0 Å². The number of piperidine rings is 1. The van der Waals surface area contributed by atoms with Crippen molar-refractivity contribution in [1.82, 2.24) is 10.2 Å². The summed E-state index contributed by atoms with van der Waals surface area (Å²) in [5, 5.41) is 2.68. The van der Waals surface area contributed by atoms with Gasteiger partial charge < -0.3 is 15.0 Å². The summed E-state index contributed by atoms with van der Waals surface area (Å²) in [6.07, 6.45) is 0.518. The number of nitrogens with zero attached hydrogens (tertiary/aromatic N) is 1. The molecule has 1 saturated heterocycles. The van der Waals surface area contributed by atoms with E-state index in [1.165, 1.54) is 19.2 Å². The zero-order valence-corrected chi connectivity index (χ0v) is 14.0. The van der Waals surface area contributed by atoms with Gasteiger partial charge in [-0.1, -0.05) is 19.1 Å². The van der Waals surface area contributed by atoms with E-state index in [1.54, 1.807) is 11.8 Å². The highest BCUT2D eigenvalue weighted by Crippen LogP contribution is 2.25. The van der Waals surface area contributed by atoms with Gasteiger partial charge in [-0.2, -0.15) is 0 Å². The van der Waals surface area contributed by atoms with Crippen LogP contribution in [0.1, 0.15) is 31.9 Å². The van der Waals surface area contributed by atoms with Gasteiger partial charge in [-0.15, -0.1) is 0 Å². The molecule has 132 valence electrons. The largest absolute Gasteiger partial charge is 0.469 e. The fraction of sp³-hybridized carbons (Fsp3) is 0.529. The second kappa shape index (κ2) is 7.59. The van der Waals surface area contributed by atoms with Crippen molar-refractivity contribution in [2.45, 2.75) is 26.3 Å². The molecule has 5 nitrogen and oxygen atoms in total. The molecule has 1 N–H and O–H groups in total. The first-order valence-electron chi connectivity index (χ1n) is 7.92. The summed E-state index contributed by atoms with van der Waals surface area (Å²) < 4.78 is 31.9. The van der Waals surface area contributed by atoms with Gasteiger partial charge in [0.15, 0.2) is 11.6 Å². The fourth-order valence-electron chi connectivity index (χ4n) is 3.04. The zero-order valence-electron chi connectivity index (χ0n) is 14.0. The molecule has 1 aromatic carbocycles. The summed E-state index contributed by atoms with van der Waals surface area (Å²) >= 11 is 0. The minimum Gasteiger partial charge on any atom is -0.469 e. The molecular formula is C17H22F2N2O3. The van der Waals surface area contributed by atoms with Crippen LogP contribution in [-0.2, 0) is 9.53 Å². The van der Waals surface area contributed by atoms with Crippen molar-refractivity contribution in [3.05, 3.63) is 35.4 Å². The van der Waals surface area contributed by atoms with E-state index in [1.807, 2.05) is 6.92 Å². The third kappa shape index (κ3) is 3.83. The van der Waals surface area contributed by atoms with Crippen molar-refractivity contribution < 1.29 is 23.1 Å². The van der Waals surface area contributed by atoms with Crippen LogP contribution >= 0.6 is 0 Å². The number of carbonyl (C=O) groups excluding carboxylic acids is 2. The molecule has 0 aromatic heterocycles. The van der Waals surface area contributed by atoms with Crippen molar-refractivity contribution in [3.8, 4) is 0 Å². The number of hydrogen-bond donors (Lipinski definition) is 1. The first kappa shape index (κ1) is 18.2. The third-order valence-electron chi connectivity index (χ3n) is 4.48. The maximum Gasteiger partial charge on any atom is 0.317 e. The highest BCUT2D eigenvalue weighted by molar-refractivity contribution is 5.76. The van der Waals surface area contributed by atoms with Crippen LogP contribution in [0.4, 0.5) is 13.6 Å². The minimum atomic E-state index is -0.955. The minimum absolute atomic E-state index is 0.0295. The number of methoxy groups -OCH3 is 1. The van der Waals surface area contributed by atoms with E-state index in [0.29, 0.717) is 19.5 Å². The van der Waals surface area contributed by atoms with Gasteiger partial charge in [-0.3, -0.25) is 4.79 Å². The number of ether oxygens (including phenoxy) is 1. The smallest absolute Gasteiger partial charge is 0.317 e. The molecular weight excluding hydrogens is 318 g/mol. The standard InChI is InChI=1S/C17H22F2N2O3/c1-10-9-21(8-7-12(10)16(22)24-3)17(23)20-11(2)13-5-4-6-14(18)15(13)19/h4-6,10-12H,7-9H2,1-3H3,(H,20,23)/t10-,11+,12+/m0/s1. The van der Waals surface area contributed by atoms with E-state index in [-0.39, 0.29) is 29.4 Å². The maximum absolute atomic E-state index is 13.8. The van der Waals surface area contributed by atoms with Crippen LogP contribution in [0.5, 0.6) is 0 Å². The van der Waals surface area contributed by atoms with Crippen LogP contribution in [0, 0.1) is 23.5 Å². The van der Waals surface area contributed by atoms with Gasteiger partial charge in [0.05, 0.1) is 19.1 Å². The highest BCUT2D eigenvalue weighted by Gasteiger charge is 2.34. The second-order valence-corrected chi connectivity index (χ2v) is 6.16. The van der Waals surface area contributed by atoms with Crippen LogP contribution in [0.2, 0.25) is 0 Å². The molecule has 1 aromatic rings. The maximum atomic E-state index is 13.8. The predicted molar refractivity (Wildman–Crippen MR) is 84.2 cm³/mol. The van der Waals surface area contributed by atoms with Gasteiger partial charge in [0.1, 0.15) is 0 Å². The van der Waals surface area contributed by atoms with Gasteiger partial charge in [0.2, 0.25) is 0 Å². The van der Waals surface area contributed by atoms with Gasteiger partial charge in [-0.25, -0.2) is 13.6 Å². The van der Waals surface area contributed by atoms with E-state index in [0.717, 1.165) is 6.07 Å². The Morgan fingerprint density at radius 3 is 2.71 bits per heavy atom. The molecule has 2 rings (SSSR count). The number of urea groups is 1. The van der Waals surface area contributed by atoms with Crippen LogP contribution < -0.4 is 5.32 Å². The van der Waals surface area contributed by atoms with E-state index >= 15 is 0 Å². The Morgan fingerprint density at radius 2 is 2.08 bits per heavy atom. The van der Waals surface area contributed by atoms with Gasteiger partial charge in [0, 0.05) is 18.7 Å². The Morgan fingerprint density at radius 1 is 1.38 bits per heavy atom. The highest BCUT2D eigenvalue weighted by atomic mass is 19.2. The number of rotatable bonds is 3. The number of amides is 2. The average Bonchev–Trinajstić information content (AvgIpc) is 2.56. The molecule has 24 heavy (non-hydrogen) atoms. The summed E-state index contributed by atoms with van der Waals surface area (Å²) in [5.74, 6) is -2.42. The normalized spacial score (nSPS) is 22.0. The number of nitrogens with one attached hydrogen (secondary N) is 1. The van der Waals surface area contributed by atoms with Crippen molar-refractivity contribution in [1.29, 1.82) is 0 Å². The van der Waals surface area contributed by atoms with Crippen LogP contribution in [0.15, 0.2) is 18.2 Å². The Balaban J connectivity index is 1.98. The van der Waals surface area contributed by atoms with Crippen LogP contribution in [0.3, 0.4) is 0 Å². The Labute approximate surface area is 140 Å². The predicted octanol–water partition coefficient (Wildman–Crippen LogP) is 2.87. The number of esters is 1. The molecule has 1 fully saturated rings. The molecule has 0 radical (unpaired) electrons. The first-order chi connectivity index (χ1) is 11.3. The Hall–Kier alpha value is -2.18. The number of halogens is 2. The summed E-state index contributed by atoms with van der Waals surface area (Å²) in [6, 6.07) is 2.85. The number of hydrogen-bond acceptors (Lipinski definition) is 3. The molecule has 3 atom stereocenters. The Kier molecular flexibility index (Phi) is 5.75. The summed E-state index contributed by atoms with van der Waals surface area (Å²) in [5.41, 5.74) is 0.0980. The first-order valence-corrected chi connectivity index (χ1v) is 7.92. The third-order valence-corrected chi connectivity index (χ3v) is 4.48. The molecule has 1 aliphatic heterocycles. The van der Waals surface area contributed by atoms with Gasteiger partial charge in [0.25, 0.3) is 0 Å². The van der Waals surface area contributed by atoms with E-state index in [2.05, 4.69) is 5.32 Å². The van der Waals surface area contributed by atoms with Crippen molar-refractivity contribution >= 4 is 12.0 Å². The average molecular weight is 340 g/mol. The molecule has 7 heteroatoms. The van der Waals surface area contributed by atoms with E-state index in [4.69, 9.17) is 4.74 Å². The second-order valence-electron chi connectivity index (χ2n) is 6.16. The molecule has 0 bridgehead atoms. The lowest BCUT2D eigenvalue weighted by molar-refractivity contribution is -0.148. The van der Waals surface area contributed by atoms with Crippen LogP contribution in [0.25, 0.3) is 0 Å².